The van der Waals surface area contributed by atoms with E-state index in [1.807, 2.05) is 6.07 Å². The van der Waals surface area contributed by atoms with Crippen LogP contribution in [0.3, 0.4) is 0 Å². The van der Waals surface area contributed by atoms with Gasteiger partial charge in [0, 0.05) is 24.5 Å². The second-order valence-electron chi connectivity index (χ2n) is 6.54. The lowest BCUT2D eigenvalue weighted by Gasteiger charge is -2.40. The molecule has 2 unspecified atom stereocenters. The van der Waals surface area contributed by atoms with Gasteiger partial charge >= 0.3 is 5.97 Å². The average molecular weight is 322 g/mol. The van der Waals surface area contributed by atoms with E-state index < -0.39 is 17.9 Å². The SMILES string of the molecule is O=C(O)C1c2ccccc2C(=O)N(CC2CC2)C1c1cccnc1. The minimum Gasteiger partial charge on any atom is -0.481 e. The summed E-state index contributed by atoms with van der Waals surface area (Å²) in [7, 11) is 0. The van der Waals surface area contributed by atoms with Gasteiger partial charge in [-0.25, -0.2) is 0 Å². The standard InChI is InChI=1S/C19H18N2O3/c22-18-15-6-2-1-5-14(15)16(19(23)24)17(13-4-3-9-20-10-13)21(18)11-12-7-8-12/h1-6,9-10,12,16-17H,7-8,11H2,(H,23,24). The number of carbonyl (C=O) groups excluding carboxylic acids is 1. The number of carboxylic acids is 1. The molecular weight excluding hydrogens is 304 g/mol. The summed E-state index contributed by atoms with van der Waals surface area (Å²) in [4.78, 5) is 31.0. The van der Waals surface area contributed by atoms with Gasteiger partial charge in [0.1, 0.15) is 5.92 Å². The molecule has 1 aromatic carbocycles. The van der Waals surface area contributed by atoms with Crippen LogP contribution in [0.5, 0.6) is 0 Å². The molecule has 1 N–H and O–H groups in total. The number of benzene rings is 1. The minimum absolute atomic E-state index is 0.0798. The van der Waals surface area contributed by atoms with E-state index in [0.29, 0.717) is 23.6 Å². The minimum atomic E-state index is -0.912. The van der Waals surface area contributed by atoms with Crippen LogP contribution in [-0.4, -0.2) is 33.4 Å². The second-order valence-corrected chi connectivity index (χ2v) is 6.54. The third-order valence-corrected chi connectivity index (χ3v) is 4.88. The lowest BCUT2D eigenvalue weighted by Crippen LogP contribution is -2.45. The second kappa shape index (κ2) is 5.74. The molecule has 2 aromatic rings. The Morgan fingerprint density at radius 1 is 1.21 bits per heavy atom. The number of nitrogens with zero attached hydrogens (tertiary/aromatic N) is 2. The Morgan fingerprint density at radius 3 is 2.67 bits per heavy atom. The van der Waals surface area contributed by atoms with Crippen molar-refractivity contribution in [3.05, 3.63) is 65.5 Å². The van der Waals surface area contributed by atoms with Crippen molar-refractivity contribution in [3.63, 3.8) is 0 Å². The Morgan fingerprint density at radius 2 is 2.00 bits per heavy atom. The normalized spacial score (nSPS) is 23.0. The summed E-state index contributed by atoms with van der Waals surface area (Å²) >= 11 is 0. The van der Waals surface area contributed by atoms with E-state index in [-0.39, 0.29) is 5.91 Å². The fourth-order valence-electron chi connectivity index (χ4n) is 3.56. The van der Waals surface area contributed by atoms with Crippen LogP contribution in [0.1, 0.15) is 46.3 Å². The highest BCUT2D eigenvalue weighted by Crippen LogP contribution is 2.44. The van der Waals surface area contributed by atoms with Crippen LogP contribution >= 0.6 is 0 Å². The van der Waals surface area contributed by atoms with Gasteiger partial charge in [-0.15, -0.1) is 0 Å². The van der Waals surface area contributed by atoms with E-state index in [4.69, 9.17) is 0 Å². The van der Waals surface area contributed by atoms with Gasteiger partial charge in [0.25, 0.3) is 5.91 Å². The smallest absolute Gasteiger partial charge is 0.313 e. The van der Waals surface area contributed by atoms with Gasteiger partial charge in [-0.1, -0.05) is 24.3 Å². The lowest BCUT2D eigenvalue weighted by molar-refractivity contribution is -0.140. The molecule has 1 aliphatic carbocycles. The quantitative estimate of drug-likeness (QED) is 0.939. The zero-order valence-corrected chi connectivity index (χ0v) is 13.1. The number of rotatable bonds is 4. The Balaban J connectivity index is 1.88. The van der Waals surface area contributed by atoms with Crippen molar-refractivity contribution in [2.45, 2.75) is 24.8 Å². The zero-order chi connectivity index (χ0) is 16.7. The number of aromatic nitrogens is 1. The monoisotopic (exact) mass is 322 g/mol. The van der Waals surface area contributed by atoms with Crippen LogP contribution in [0.2, 0.25) is 0 Å². The van der Waals surface area contributed by atoms with Crippen molar-refractivity contribution in [1.29, 1.82) is 0 Å². The van der Waals surface area contributed by atoms with E-state index >= 15 is 0 Å². The molecule has 2 heterocycles. The maximum absolute atomic E-state index is 13.0. The molecular formula is C19H18N2O3. The van der Waals surface area contributed by atoms with Crippen LogP contribution in [0, 0.1) is 5.92 Å². The number of hydrogen-bond acceptors (Lipinski definition) is 3. The summed E-state index contributed by atoms with van der Waals surface area (Å²) in [5.41, 5.74) is 1.87. The van der Waals surface area contributed by atoms with E-state index in [1.165, 1.54) is 0 Å². The van der Waals surface area contributed by atoms with Crippen molar-refractivity contribution >= 4 is 11.9 Å². The molecule has 0 saturated heterocycles. The predicted octanol–water partition coefficient (Wildman–Crippen LogP) is 2.86. The first-order valence-corrected chi connectivity index (χ1v) is 8.19. The van der Waals surface area contributed by atoms with Crippen LogP contribution in [0.25, 0.3) is 0 Å². The van der Waals surface area contributed by atoms with Crippen molar-refractivity contribution in [2.75, 3.05) is 6.54 Å². The van der Waals surface area contributed by atoms with Crippen LogP contribution in [0.15, 0.2) is 48.8 Å². The molecule has 1 aliphatic heterocycles. The molecule has 0 radical (unpaired) electrons. The molecule has 5 nitrogen and oxygen atoms in total. The maximum atomic E-state index is 13.0. The number of carboxylic acid groups (broad SMARTS) is 1. The predicted molar refractivity (Wildman–Crippen MR) is 87.6 cm³/mol. The molecule has 1 aromatic heterocycles. The summed E-state index contributed by atoms with van der Waals surface area (Å²) in [5, 5.41) is 9.91. The van der Waals surface area contributed by atoms with Gasteiger partial charge in [0.2, 0.25) is 0 Å². The Labute approximate surface area is 139 Å². The van der Waals surface area contributed by atoms with Crippen LogP contribution < -0.4 is 0 Å². The Bertz CT molecular complexity index is 786. The molecule has 1 amide bonds. The molecule has 5 heteroatoms. The largest absolute Gasteiger partial charge is 0.481 e. The first kappa shape index (κ1) is 14.9. The van der Waals surface area contributed by atoms with E-state index in [0.717, 1.165) is 18.4 Å². The maximum Gasteiger partial charge on any atom is 0.313 e. The number of pyridine rings is 1. The molecule has 2 atom stereocenters. The van der Waals surface area contributed by atoms with Crippen molar-refractivity contribution in [2.24, 2.45) is 5.92 Å². The molecule has 122 valence electrons. The van der Waals surface area contributed by atoms with Gasteiger partial charge in [-0.3, -0.25) is 14.6 Å². The van der Waals surface area contributed by atoms with E-state index in [9.17, 15) is 14.7 Å². The zero-order valence-electron chi connectivity index (χ0n) is 13.1. The van der Waals surface area contributed by atoms with Crippen LogP contribution in [0.4, 0.5) is 0 Å². The highest BCUT2D eigenvalue weighted by atomic mass is 16.4. The number of amides is 1. The molecule has 24 heavy (non-hydrogen) atoms. The molecule has 1 saturated carbocycles. The molecule has 4 rings (SSSR count). The van der Waals surface area contributed by atoms with Crippen molar-refractivity contribution in [1.82, 2.24) is 9.88 Å². The fraction of sp³-hybridized carbons (Fsp3) is 0.316. The number of aliphatic carboxylic acids is 1. The summed E-state index contributed by atoms with van der Waals surface area (Å²) in [6.45, 7) is 0.608. The van der Waals surface area contributed by atoms with Gasteiger partial charge in [-0.2, -0.15) is 0 Å². The highest BCUT2D eigenvalue weighted by molar-refractivity contribution is 6.00. The summed E-state index contributed by atoms with van der Waals surface area (Å²) in [5.74, 6) is -1.29. The average Bonchev–Trinajstić information content (AvgIpc) is 3.41. The molecule has 0 spiro atoms. The van der Waals surface area contributed by atoms with Crippen LogP contribution in [-0.2, 0) is 4.79 Å². The number of hydrogen-bond donors (Lipinski definition) is 1. The Hall–Kier alpha value is -2.69. The van der Waals surface area contributed by atoms with Gasteiger partial charge < -0.3 is 10.0 Å². The molecule has 2 aliphatic rings. The highest BCUT2D eigenvalue weighted by Gasteiger charge is 2.45. The third kappa shape index (κ3) is 2.46. The first-order valence-electron chi connectivity index (χ1n) is 8.19. The molecule has 0 bridgehead atoms. The van der Waals surface area contributed by atoms with Gasteiger partial charge in [-0.05, 0) is 42.0 Å². The fourth-order valence-corrected chi connectivity index (χ4v) is 3.56. The van der Waals surface area contributed by atoms with E-state index in [2.05, 4.69) is 4.98 Å². The van der Waals surface area contributed by atoms with Gasteiger partial charge in [0.15, 0.2) is 0 Å². The number of carbonyl (C=O) groups is 2. The lowest BCUT2D eigenvalue weighted by atomic mass is 9.80. The topological polar surface area (TPSA) is 70.5 Å². The van der Waals surface area contributed by atoms with E-state index in [1.54, 1.807) is 47.6 Å². The first-order chi connectivity index (χ1) is 11.7. The third-order valence-electron chi connectivity index (χ3n) is 4.88. The van der Waals surface area contributed by atoms with Crippen molar-refractivity contribution < 1.29 is 14.7 Å². The number of fused-ring (bicyclic) bond motifs is 1. The molecule has 1 fully saturated rings. The summed E-state index contributed by atoms with van der Waals surface area (Å²) in [6.07, 6.45) is 5.52. The Kier molecular flexibility index (Phi) is 3.56. The van der Waals surface area contributed by atoms with Crippen molar-refractivity contribution in [3.8, 4) is 0 Å². The summed E-state index contributed by atoms with van der Waals surface area (Å²) < 4.78 is 0. The van der Waals surface area contributed by atoms with Gasteiger partial charge in [0.05, 0.1) is 6.04 Å². The summed E-state index contributed by atoms with van der Waals surface area (Å²) in [6, 6.07) is 10.2.